The second-order valence-electron chi connectivity index (χ2n) is 8.28. The van der Waals surface area contributed by atoms with Gasteiger partial charge in [-0.05, 0) is 28.7 Å². The van der Waals surface area contributed by atoms with E-state index >= 15 is 0 Å². The Hall–Kier alpha value is -2.92. The molecule has 0 saturated heterocycles. The second-order valence-corrected chi connectivity index (χ2v) is 8.28. The van der Waals surface area contributed by atoms with E-state index in [0.717, 1.165) is 29.8 Å². The molecule has 4 rings (SSSR count). The quantitative estimate of drug-likeness (QED) is 0.519. The molecule has 1 atom stereocenters. The molecule has 0 spiro atoms. The van der Waals surface area contributed by atoms with Crippen LogP contribution in [0.4, 0.5) is 0 Å². The average Bonchev–Trinajstić information content (AvgIpc) is 3.31. The predicted molar refractivity (Wildman–Crippen MR) is 111 cm³/mol. The van der Waals surface area contributed by atoms with Crippen LogP contribution in [0.1, 0.15) is 43.7 Å². The second kappa shape index (κ2) is 7.60. The highest BCUT2D eigenvalue weighted by atomic mass is 16.3. The van der Waals surface area contributed by atoms with E-state index in [1.54, 1.807) is 12.7 Å². The van der Waals surface area contributed by atoms with Gasteiger partial charge in [0.25, 0.3) is 0 Å². The Morgan fingerprint density at radius 3 is 2.46 bits per heavy atom. The standard InChI is InChI=1S/C23H26N4O/c1-23(2,3)22(21-12-19-6-4-5-7-20(19)28-21)25-13-17-8-10-18(11-9-17)14-27-16-24-15-26-27/h4-12,15-16,22,25H,13-14H2,1-3H3. The van der Waals surface area contributed by atoms with Crippen molar-refractivity contribution in [1.29, 1.82) is 0 Å². The molecule has 0 amide bonds. The fraction of sp³-hybridized carbons (Fsp3) is 0.304. The lowest BCUT2D eigenvalue weighted by molar-refractivity contribution is 0.239. The minimum Gasteiger partial charge on any atom is -0.459 e. The molecular formula is C23H26N4O. The Morgan fingerprint density at radius 2 is 1.79 bits per heavy atom. The smallest absolute Gasteiger partial charge is 0.137 e. The fourth-order valence-corrected chi connectivity index (χ4v) is 3.46. The molecule has 0 fully saturated rings. The van der Waals surface area contributed by atoms with Crippen molar-refractivity contribution in [1.82, 2.24) is 20.1 Å². The third kappa shape index (κ3) is 4.15. The van der Waals surface area contributed by atoms with Crippen LogP contribution < -0.4 is 5.32 Å². The van der Waals surface area contributed by atoms with Crippen molar-refractivity contribution in [2.45, 2.75) is 39.9 Å². The number of para-hydroxylation sites is 1. The van der Waals surface area contributed by atoms with E-state index in [2.05, 4.69) is 72.6 Å². The molecule has 0 aliphatic rings. The number of nitrogens with zero attached hydrogens (tertiary/aromatic N) is 3. The topological polar surface area (TPSA) is 55.9 Å². The number of furan rings is 1. The van der Waals surface area contributed by atoms with Crippen molar-refractivity contribution >= 4 is 11.0 Å². The monoisotopic (exact) mass is 374 g/mol. The van der Waals surface area contributed by atoms with E-state index in [-0.39, 0.29) is 11.5 Å². The molecule has 0 aliphatic carbocycles. The summed E-state index contributed by atoms with van der Waals surface area (Å²) in [6, 6.07) is 19.1. The highest BCUT2D eigenvalue weighted by molar-refractivity contribution is 5.77. The molecule has 0 aliphatic heterocycles. The molecule has 2 aromatic carbocycles. The van der Waals surface area contributed by atoms with Crippen molar-refractivity contribution in [3.8, 4) is 0 Å². The maximum Gasteiger partial charge on any atom is 0.137 e. The lowest BCUT2D eigenvalue weighted by atomic mass is 9.85. The van der Waals surface area contributed by atoms with Crippen molar-refractivity contribution < 1.29 is 4.42 Å². The van der Waals surface area contributed by atoms with Crippen LogP contribution in [-0.2, 0) is 13.1 Å². The number of benzene rings is 2. The Morgan fingerprint density at radius 1 is 1.04 bits per heavy atom. The maximum atomic E-state index is 6.14. The van der Waals surface area contributed by atoms with Crippen molar-refractivity contribution in [2.75, 3.05) is 0 Å². The van der Waals surface area contributed by atoms with Gasteiger partial charge in [-0.1, -0.05) is 63.2 Å². The summed E-state index contributed by atoms with van der Waals surface area (Å²) < 4.78 is 7.97. The molecule has 0 bridgehead atoms. The highest BCUT2D eigenvalue weighted by Gasteiger charge is 2.28. The molecular weight excluding hydrogens is 348 g/mol. The van der Waals surface area contributed by atoms with Crippen molar-refractivity contribution in [2.24, 2.45) is 5.41 Å². The molecule has 0 radical (unpaired) electrons. The molecule has 1 unspecified atom stereocenters. The largest absolute Gasteiger partial charge is 0.459 e. The SMILES string of the molecule is CC(C)(C)C(NCc1ccc(Cn2cncn2)cc1)c1cc2ccccc2o1. The minimum atomic E-state index is 0.0287. The summed E-state index contributed by atoms with van der Waals surface area (Å²) in [6.45, 7) is 8.22. The molecule has 4 aromatic rings. The maximum absolute atomic E-state index is 6.14. The van der Waals surface area contributed by atoms with Crippen molar-refractivity contribution in [3.63, 3.8) is 0 Å². The van der Waals surface area contributed by atoms with Gasteiger partial charge in [0.2, 0.25) is 0 Å². The average molecular weight is 374 g/mol. The van der Waals surface area contributed by atoms with E-state index in [4.69, 9.17) is 4.42 Å². The van der Waals surface area contributed by atoms with E-state index < -0.39 is 0 Å². The summed E-state index contributed by atoms with van der Waals surface area (Å²) in [7, 11) is 0. The van der Waals surface area contributed by atoms with Gasteiger partial charge in [-0.3, -0.25) is 0 Å². The zero-order chi connectivity index (χ0) is 19.6. The van der Waals surface area contributed by atoms with Gasteiger partial charge in [-0.25, -0.2) is 9.67 Å². The molecule has 28 heavy (non-hydrogen) atoms. The van der Waals surface area contributed by atoms with Gasteiger partial charge in [0.05, 0.1) is 12.6 Å². The van der Waals surface area contributed by atoms with Crippen LogP contribution in [0.15, 0.2) is 71.7 Å². The number of fused-ring (bicyclic) bond motifs is 1. The van der Waals surface area contributed by atoms with Crippen LogP contribution in [0.2, 0.25) is 0 Å². The number of rotatable bonds is 6. The normalized spacial score (nSPS) is 13.1. The molecule has 144 valence electrons. The first kappa shape index (κ1) is 18.4. The summed E-state index contributed by atoms with van der Waals surface area (Å²) in [4.78, 5) is 3.99. The first-order valence-electron chi connectivity index (χ1n) is 9.61. The summed E-state index contributed by atoms with van der Waals surface area (Å²) >= 11 is 0. The zero-order valence-corrected chi connectivity index (χ0v) is 16.6. The number of hydrogen-bond acceptors (Lipinski definition) is 4. The van der Waals surface area contributed by atoms with Gasteiger partial charge in [0.15, 0.2) is 0 Å². The lowest BCUT2D eigenvalue weighted by Crippen LogP contribution is -2.31. The number of aromatic nitrogens is 3. The summed E-state index contributed by atoms with van der Waals surface area (Å²) in [5, 5.41) is 9.00. The molecule has 0 saturated carbocycles. The third-order valence-corrected chi connectivity index (χ3v) is 4.94. The van der Waals surface area contributed by atoms with Crippen LogP contribution in [-0.4, -0.2) is 14.8 Å². The molecule has 1 N–H and O–H groups in total. The van der Waals surface area contributed by atoms with E-state index in [0.29, 0.717) is 0 Å². The van der Waals surface area contributed by atoms with Gasteiger partial charge in [0.1, 0.15) is 24.0 Å². The van der Waals surface area contributed by atoms with Gasteiger partial charge >= 0.3 is 0 Å². The van der Waals surface area contributed by atoms with E-state index in [1.807, 2.05) is 22.9 Å². The summed E-state index contributed by atoms with van der Waals surface area (Å²) in [5.41, 5.74) is 3.42. The van der Waals surface area contributed by atoms with Gasteiger partial charge in [-0.2, -0.15) is 5.10 Å². The third-order valence-electron chi connectivity index (χ3n) is 4.94. The Balaban J connectivity index is 1.47. The van der Waals surface area contributed by atoms with Crippen molar-refractivity contribution in [3.05, 3.63) is 84.1 Å². The van der Waals surface area contributed by atoms with Crippen LogP contribution in [0, 0.1) is 5.41 Å². The van der Waals surface area contributed by atoms with Crippen LogP contribution >= 0.6 is 0 Å². The Labute approximate surface area is 165 Å². The fourth-order valence-electron chi connectivity index (χ4n) is 3.46. The van der Waals surface area contributed by atoms with Gasteiger partial charge in [-0.15, -0.1) is 0 Å². The number of nitrogens with one attached hydrogen (secondary N) is 1. The minimum absolute atomic E-state index is 0.0287. The Bertz CT molecular complexity index is 994. The van der Waals surface area contributed by atoms with Crippen LogP contribution in [0.5, 0.6) is 0 Å². The first-order chi connectivity index (χ1) is 13.5. The molecule has 5 nitrogen and oxygen atoms in total. The highest BCUT2D eigenvalue weighted by Crippen LogP contribution is 2.35. The lowest BCUT2D eigenvalue weighted by Gasteiger charge is -2.30. The Kier molecular flexibility index (Phi) is 5.01. The number of hydrogen-bond donors (Lipinski definition) is 1. The molecule has 2 heterocycles. The van der Waals surface area contributed by atoms with Gasteiger partial charge < -0.3 is 9.73 Å². The van der Waals surface area contributed by atoms with Crippen LogP contribution in [0.25, 0.3) is 11.0 Å². The molecule has 2 aromatic heterocycles. The van der Waals surface area contributed by atoms with Crippen LogP contribution in [0.3, 0.4) is 0 Å². The predicted octanol–water partition coefficient (Wildman–Crippen LogP) is 4.95. The first-order valence-corrected chi connectivity index (χ1v) is 9.61. The molecule has 5 heteroatoms. The van der Waals surface area contributed by atoms with Gasteiger partial charge in [0, 0.05) is 11.9 Å². The van der Waals surface area contributed by atoms with E-state index in [1.165, 1.54) is 11.1 Å². The zero-order valence-electron chi connectivity index (χ0n) is 16.6. The summed E-state index contributed by atoms with van der Waals surface area (Å²) in [5.74, 6) is 0.983. The summed E-state index contributed by atoms with van der Waals surface area (Å²) in [6.07, 6.45) is 3.29. The van der Waals surface area contributed by atoms with E-state index in [9.17, 15) is 0 Å².